The maximum atomic E-state index is 13.9. The van der Waals surface area contributed by atoms with Crippen molar-refractivity contribution in [1.29, 1.82) is 0 Å². The Morgan fingerprint density at radius 1 is 0.944 bits per heavy atom. The Balaban J connectivity index is 1.66. The molecule has 5 rings (SSSR count). The number of benzene rings is 3. The maximum Gasteiger partial charge on any atom is 0.416 e. The van der Waals surface area contributed by atoms with Gasteiger partial charge in [-0.3, -0.25) is 9.69 Å². The number of amides is 1. The van der Waals surface area contributed by atoms with Gasteiger partial charge in [-0.2, -0.15) is 13.2 Å². The normalized spacial score (nSPS) is 16.8. The van der Waals surface area contributed by atoms with E-state index in [4.69, 9.17) is 5.73 Å². The molecule has 0 fully saturated rings. The van der Waals surface area contributed by atoms with Gasteiger partial charge in [-0.1, -0.05) is 36.4 Å². The van der Waals surface area contributed by atoms with Crippen LogP contribution in [0.5, 0.6) is 0 Å². The number of nitrogens with two attached hydrogens (primary N) is 1. The molecule has 184 valence electrons. The van der Waals surface area contributed by atoms with Gasteiger partial charge < -0.3 is 15.5 Å². The maximum absolute atomic E-state index is 13.9. The molecule has 36 heavy (non-hydrogen) atoms. The molecule has 2 aliphatic rings. The molecule has 1 heterocycles. The molecule has 1 aliphatic heterocycles. The number of allylic oxidation sites excluding steroid dienone is 3. The number of alkyl halides is 3. The average Bonchev–Trinajstić information content (AvgIpc) is 2.86. The first-order chi connectivity index (χ1) is 17.1. The zero-order chi connectivity index (χ0) is 25.6. The van der Waals surface area contributed by atoms with E-state index in [9.17, 15) is 18.0 Å². The van der Waals surface area contributed by atoms with Gasteiger partial charge in [-0.05, 0) is 55.0 Å². The van der Waals surface area contributed by atoms with Gasteiger partial charge in [0.25, 0.3) is 0 Å². The molecule has 3 aromatic carbocycles. The quantitative estimate of drug-likeness (QED) is 0.408. The lowest BCUT2D eigenvalue weighted by molar-refractivity contribution is -0.120. The molecular formula is C28H25F3N4O. The smallest absolute Gasteiger partial charge is 0.399 e. The van der Waals surface area contributed by atoms with Crippen LogP contribution in [0.4, 0.5) is 53.0 Å². The number of fused-ring (bicyclic) bond motifs is 2. The van der Waals surface area contributed by atoms with Crippen molar-refractivity contribution in [3.8, 4) is 0 Å². The van der Waals surface area contributed by atoms with Crippen molar-refractivity contribution in [2.45, 2.75) is 12.6 Å². The Hall–Kier alpha value is -4.20. The number of carbonyl (C=O) groups is 1. The van der Waals surface area contributed by atoms with E-state index in [1.54, 1.807) is 17.0 Å². The zero-order valence-electron chi connectivity index (χ0n) is 19.8. The summed E-state index contributed by atoms with van der Waals surface area (Å²) < 4.78 is 39.4. The second kappa shape index (κ2) is 8.78. The number of nitrogens with zero attached hydrogens (tertiary/aromatic N) is 3. The average molecular weight is 491 g/mol. The molecule has 0 spiro atoms. The van der Waals surface area contributed by atoms with E-state index < -0.39 is 17.7 Å². The topological polar surface area (TPSA) is 52.8 Å². The van der Waals surface area contributed by atoms with Crippen LogP contribution < -0.4 is 20.4 Å². The summed E-state index contributed by atoms with van der Waals surface area (Å²) in [5.74, 6) is -1.03. The highest BCUT2D eigenvalue weighted by atomic mass is 19.4. The molecule has 2 N–H and O–H groups in total. The van der Waals surface area contributed by atoms with Crippen LogP contribution in [0, 0.1) is 5.92 Å². The summed E-state index contributed by atoms with van der Waals surface area (Å²) in [6.07, 6.45) is -1.04. The van der Waals surface area contributed by atoms with Crippen molar-refractivity contribution in [3.63, 3.8) is 0 Å². The monoisotopic (exact) mass is 490 g/mol. The molecule has 0 saturated carbocycles. The van der Waals surface area contributed by atoms with Crippen LogP contribution in [0.3, 0.4) is 0 Å². The highest BCUT2D eigenvalue weighted by Gasteiger charge is 2.38. The summed E-state index contributed by atoms with van der Waals surface area (Å²) in [6.45, 7) is 0. The van der Waals surface area contributed by atoms with Crippen molar-refractivity contribution in [3.05, 3.63) is 90.5 Å². The van der Waals surface area contributed by atoms with Gasteiger partial charge in [-0.25, -0.2) is 0 Å². The predicted octanol–water partition coefficient (Wildman–Crippen LogP) is 6.85. The zero-order valence-corrected chi connectivity index (χ0v) is 19.8. The minimum atomic E-state index is -4.44. The van der Waals surface area contributed by atoms with Crippen LogP contribution in [-0.4, -0.2) is 26.2 Å². The highest BCUT2D eigenvalue weighted by molar-refractivity contribution is 6.13. The molecule has 1 unspecified atom stereocenters. The summed E-state index contributed by atoms with van der Waals surface area (Å²) in [4.78, 5) is 19.5. The van der Waals surface area contributed by atoms with E-state index in [-0.39, 0.29) is 12.3 Å². The number of carbonyl (C=O) groups excluding carboxylic acids is 1. The van der Waals surface area contributed by atoms with Gasteiger partial charge in [0.05, 0.1) is 34.2 Å². The van der Waals surface area contributed by atoms with E-state index in [0.29, 0.717) is 22.7 Å². The van der Waals surface area contributed by atoms with Crippen LogP contribution in [0.2, 0.25) is 0 Å². The number of para-hydroxylation sites is 1. The van der Waals surface area contributed by atoms with Crippen LogP contribution in [0.15, 0.2) is 90.5 Å². The fourth-order valence-electron chi connectivity index (χ4n) is 4.60. The molecule has 3 aromatic rings. The second-order valence-electron chi connectivity index (χ2n) is 9.02. The summed E-state index contributed by atoms with van der Waals surface area (Å²) in [5.41, 5.74) is 10.5. The number of halogens is 3. The van der Waals surface area contributed by atoms with Crippen molar-refractivity contribution in [1.82, 2.24) is 0 Å². The van der Waals surface area contributed by atoms with E-state index in [1.165, 1.54) is 6.08 Å². The van der Waals surface area contributed by atoms with Crippen LogP contribution in [-0.2, 0) is 4.79 Å². The van der Waals surface area contributed by atoms with Gasteiger partial charge >= 0.3 is 6.18 Å². The fraction of sp³-hybridized carbons (Fsp3) is 0.179. The first-order valence-electron chi connectivity index (χ1n) is 11.5. The lowest BCUT2D eigenvalue weighted by atomic mass is 9.93. The largest absolute Gasteiger partial charge is 0.416 e. The molecule has 0 radical (unpaired) electrons. The SMILES string of the molecule is CN(C)c1ccc2c(c1)N(c1ccccc1)c1cc(N)ccc1N2C(=O)C1C=CC(C(F)(F)F)=CC1. The first-order valence-corrected chi connectivity index (χ1v) is 11.5. The van der Waals surface area contributed by atoms with Gasteiger partial charge in [-0.15, -0.1) is 0 Å². The Morgan fingerprint density at radius 2 is 1.61 bits per heavy atom. The molecule has 8 heteroatoms. The lowest BCUT2D eigenvalue weighted by Crippen LogP contribution is -2.36. The number of rotatable bonds is 3. The van der Waals surface area contributed by atoms with Crippen LogP contribution in [0.25, 0.3) is 0 Å². The molecule has 0 aromatic heterocycles. The summed E-state index contributed by atoms with van der Waals surface area (Å²) in [7, 11) is 3.87. The third kappa shape index (κ3) is 4.08. The molecule has 5 nitrogen and oxygen atoms in total. The van der Waals surface area contributed by atoms with Crippen LogP contribution >= 0.6 is 0 Å². The minimum Gasteiger partial charge on any atom is -0.399 e. The predicted molar refractivity (Wildman–Crippen MR) is 138 cm³/mol. The Kier molecular flexibility index (Phi) is 5.74. The second-order valence-corrected chi connectivity index (χ2v) is 9.02. The molecule has 0 saturated heterocycles. The molecular weight excluding hydrogens is 465 g/mol. The van der Waals surface area contributed by atoms with Crippen molar-refractivity contribution in [2.75, 3.05) is 34.5 Å². The number of hydrogen-bond donors (Lipinski definition) is 1. The van der Waals surface area contributed by atoms with Crippen LogP contribution in [0.1, 0.15) is 6.42 Å². The minimum absolute atomic E-state index is 0.0293. The number of anilines is 7. The summed E-state index contributed by atoms with van der Waals surface area (Å²) >= 11 is 0. The molecule has 1 atom stereocenters. The molecule has 0 bridgehead atoms. The Labute approximate surface area is 207 Å². The van der Waals surface area contributed by atoms with Crippen molar-refractivity contribution in [2.24, 2.45) is 5.92 Å². The van der Waals surface area contributed by atoms with Crippen molar-refractivity contribution < 1.29 is 18.0 Å². The van der Waals surface area contributed by atoms with E-state index in [2.05, 4.69) is 4.90 Å². The van der Waals surface area contributed by atoms with Gasteiger partial charge in [0, 0.05) is 31.2 Å². The first kappa shape index (κ1) is 23.5. The fourth-order valence-corrected chi connectivity index (χ4v) is 4.60. The molecule has 1 amide bonds. The standard InChI is InChI=1S/C28H25F3N4O/c1-33(2)22-13-15-24-26(17-22)34(21-6-4-3-5-7-21)25-16-20(32)12-14-23(25)35(24)27(36)18-8-10-19(11-9-18)28(29,30)31/h3-8,10-18H,9,32H2,1-2H3. The summed E-state index contributed by atoms with van der Waals surface area (Å²) in [5, 5.41) is 0. The molecule has 1 aliphatic carbocycles. The van der Waals surface area contributed by atoms with Gasteiger partial charge in [0.2, 0.25) is 5.91 Å². The lowest BCUT2D eigenvalue weighted by Gasteiger charge is -2.40. The third-order valence-electron chi connectivity index (χ3n) is 6.42. The van der Waals surface area contributed by atoms with Gasteiger partial charge in [0.15, 0.2) is 0 Å². The Morgan fingerprint density at radius 3 is 2.22 bits per heavy atom. The number of nitrogen functional groups attached to an aromatic ring is 1. The summed E-state index contributed by atoms with van der Waals surface area (Å²) in [6, 6.07) is 20.9. The highest BCUT2D eigenvalue weighted by Crippen LogP contribution is 2.53. The van der Waals surface area contributed by atoms with Gasteiger partial charge in [0.1, 0.15) is 0 Å². The van der Waals surface area contributed by atoms with E-state index in [1.807, 2.05) is 73.6 Å². The van der Waals surface area contributed by atoms with E-state index >= 15 is 0 Å². The van der Waals surface area contributed by atoms with E-state index in [0.717, 1.165) is 29.2 Å². The third-order valence-corrected chi connectivity index (χ3v) is 6.42. The van der Waals surface area contributed by atoms with Crippen molar-refractivity contribution >= 4 is 45.7 Å². The Bertz CT molecular complexity index is 1380. The number of hydrogen-bond acceptors (Lipinski definition) is 4.